The minimum absolute atomic E-state index is 0.0515. The quantitative estimate of drug-likeness (QED) is 0.681. The van der Waals surface area contributed by atoms with Crippen molar-refractivity contribution in [1.29, 1.82) is 0 Å². The van der Waals surface area contributed by atoms with Crippen molar-refractivity contribution < 1.29 is 22.7 Å². The van der Waals surface area contributed by atoms with Gasteiger partial charge in [0, 0.05) is 13.1 Å². The Bertz CT molecular complexity index is 1030. The van der Waals surface area contributed by atoms with E-state index in [9.17, 15) is 18.0 Å². The van der Waals surface area contributed by atoms with Crippen molar-refractivity contribution in [2.45, 2.75) is 26.1 Å². The van der Waals surface area contributed by atoms with Crippen LogP contribution in [0.1, 0.15) is 29.9 Å². The lowest BCUT2D eigenvalue weighted by atomic mass is 10.1. The number of hydrogen-bond acceptors (Lipinski definition) is 6. The average molecular weight is 393 g/mol. The number of hydrogen-bond donors (Lipinski definition) is 1. The van der Waals surface area contributed by atoms with Crippen LogP contribution in [0.4, 0.5) is 19.0 Å². The molecule has 0 amide bonds. The van der Waals surface area contributed by atoms with Gasteiger partial charge < -0.3 is 9.64 Å². The molecule has 0 aliphatic carbocycles. The van der Waals surface area contributed by atoms with Gasteiger partial charge in [0.25, 0.3) is 0 Å². The first-order valence-electron chi connectivity index (χ1n) is 8.37. The maximum atomic E-state index is 13.4. The molecule has 0 spiro atoms. The summed E-state index contributed by atoms with van der Waals surface area (Å²) in [5.41, 5.74) is -0.152. The topological polar surface area (TPSA) is 84.0 Å². The number of anilines is 1. The molecule has 148 valence electrons. The number of nitrogens with zero attached hydrogens (tertiary/aromatic N) is 4. The molecule has 2 aromatic heterocycles. The molecular weight excluding hydrogens is 375 g/mol. The van der Waals surface area contributed by atoms with Crippen LogP contribution in [0, 0.1) is 0 Å². The molecule has 0 bridgehead atoms. The van der Waals surface area contributed by atoms with E-state index >= 15 is 0 Å². The number of nitrogens with one attached hydrogen (secondary N) is 1. The molecule has 2 heterocycles. The maximum absolute atomic E-state index is 13.4. The second-order valence-corrected chi connectivity index (χ2v) is 6.45. The number of carbonyl (C=O) groups is 1. The number of rotatable bonds is 4. The summed E-state index contributed by atoms with van der Waals surface area (Å²) < 4.78 is 44.8. The largest absolute Gasteiger partial charge is 0.465 e. The molecule has 28 heavy (non-hydrogen) atoms. The Morgan fingerprint density at radius 3 is 2.54 bits per heavy atom. The number of carbonyl (C=O) groups excluding carboxylic acids is 1. The SMILES string of the molecule is COC(=O)c1ccc2nc(-c3cn[nH]c3C(F)(F)F)c(N(C)C(C)C)nc2c1. The molecular formula is C18H18F3N5O2. The summed E-state index contributed by atoms with van der Waals surface area (Å²) in [6, 6.07) is 4.44. The molecule has 3 aromatic rings. The molecule has 10 heteroatoms. The van der Waals surface area contributed by atoms with Gasteiger partial charge in [-0.25, -0.2) is 14.8 Å². The highest BCUT2D eigenvalue weighted by Crippen LogP contribution is 2.38. The van der Waals surface area contributed by atoms with Crippen molar-refractivity contribution in [3.63, 3.8) is 0 Å². The Morgan fingerprint density at radius 2 is 1.93 bits per heavy atom. The molecule has 1 aromatic carbocycles. The van der Waals surface area contributed by atoms with Gasteiger partial charge in [0.2, 0.25) is 0 Å². The number of halogens is 3. The molecule has 0 aliphatic heterocycles. The summed E-state index contributed by atoms with van der Waals surface area (Å²) in [6.45, 7) is 3.75. The summed E-state index contributed by atoms with van der Waals surface area (Å²) in [4.78, 5) is 22.4. The number of ether oxygens (including phenoxy) is 1. The van der Waals surface area contributed by atoms with Gasteiger partial charge in [0.1, 0.15) is 11.4 Å². The van der Waals surface area contributed by atoms with Gasteiger partial charge in [-0.15, -0.1) is 0 Å². The molecule has 0 saturated heterocycles. The van der Waals surface area contributed by atoms with E-state index in [0.29, 0.717) is 11.0 Å². The van der Waals surface area contributed by atoms with E-state index in [-0.39, 0.29) is 28.7 Å². The van der Waals surface area contributed by atoms with Crippen molar-refractivity contribution >= 4 is 22.8 Å². The monoisotopic (exact) mass is 393 g/mol. The smallest absolute Gasteiger partial charge is 0.433 e. The van der Waals surface area contributed by atoms with E-state index in [0.717, 1.165) is 6.20 Å². The zero-order valence-electron chi connectivity index (χ0n) is 15.6. The summed E-state index contributed by atoms with van der Waals surface area (Å²) in [5.74, 6) is -0.294. The normalized spacial score (nSPS) is 11.9. The number of fused-ring (bicyclic) bond motifs is 1. The fourth-order valence-electron chi connectivity index (χ4n) is 2.64. The molecule has 1 N–H and O–H groups in total. The standard InChI is InChI=1S/C18H18F3N5O2/c1-9(2)26(3)16-14(11-8-22-25-15(11)18(19,20)21)23-12-6-5-10(17(27)28-4)7-13(12)24-16/h5-9H,1-4H3,(H,22,25). The third-order valence-electron chi connectivity index (χ3n) is 4.35. The first kappa shape index (κ1) is 19.6. The molecule has 7 nitrogen and oxygen atoms in total. The van der Waals surface area contributed by atoms with Crippen LogP contribution in [-0.4, -0.2) is 46.3 Å². The summed E-state index contributed by atoms with van der Waals surface area (Å²) in [5, 5.41) is 5.54. The lowest BCUT2D eigenvalue weighted by Crippen LogP contribution is -2.27. The van der Waals surface area contributed by atoms with Crippen LogP contribution in [-0.2, 0) is 10.9 Å². The number of aromatic amines is 1. The predicted molar refractivity (Wildman–Crippen MR) is 97.0 cm³/mol. The van der Waals surface area contributed by atoms with E-state index in [1.54, 1.807) is 11.9 Å². The van der Waals surface area contributed by atoms with Gasteiger partial charge >= 0.3 is 12.1 Å². The highest BCUT2D eigenvalue weighted by Gasteiger charge is 2.37. The summed E-state index contributed by atoms with van der Waals surface area (Å²) in [6.07, 6.45) is -3.54. The van der Waals surface area contributed by atoms with E-state index in [1.807, 2.05) is 18.9 Å². The van der Waals surface area contributed by atoms with Gasteiger partial charge in [-0.2, -0.15) is 18.3 Å². The van der Waals surface area contributed by atoms with E-state index < -0.39 is 17.8 Å². The number of benzene rings is 1. The molecule has 0 unspecified atom stereocenters. The summed E-state index contributed by atoms with van der Waals surface area (Å²) in [7, 11) is 2.97. The van der Waals surface area contributed by atoms with Gasteiger partial charge in [-0.3, -0.25) is 5.10 Å². The van der Waals surface area contributed by atoms with Crippen LogP contribution in [0.2, 0.25) is 0 Å². The molecule has 0 aliphatic rings. The second kappa shape index (κ2) is 7.10. The van der Waals surface area contributed by atoms with Crippen molar-refractivity contribution in [3.05, 3.63) is 35.7 Å². The fraction of sp³-hybridized carbons (Fsp3) is 0.333. The van der Waals surface area contributed by atoms with E-state index in [4.69, 9.17) is 4.74 Å². The molecule has 0 saturated carbocycles. The molecule has 0 atom stereocenters. The lowest BCUT2D eigenvalue weighted by molar-refractivity contribution is -0.140. The Balaban J connectivity index is 2.28. The van der Waals surface area contributed by atoms with Crippen molar-refractivity contribution in [3.8, 4) is 11.3 Å². The number of methoxy groups -OCH3 is 1. The third kappa shape index (κ3) is 3.49. The Hall–Kier alpha value is -3.17. The van der Waals surface area contributed by atoms with Crippen LogP contribution in [0.5, 0.6) is 0 Å². The number of esters is 1. The van der Waals surface area contributed by atoms with Crippen LogP contribution >= 0.6 is 0 Å². The highest BCUT2D eigenvalue weighted by molar-refractivity contribution is 5.94. The van der Waals surface area contributed by atoms with Gasteiger partial charge in [-0.05, 0) is 32.0 Å². The first-order chi connectivity index (χ1) is 13.1. The van der Waals surface area contributed by atoms with Gasteiger partial charge in [-0.1, -0.05) is 0 Å². The Kier molecular flexibility index (Phi) is 4.97. The van der Waals surface area contributed by atoms with Crippen LogP contribution < -0.4 is 4.90 Å². The third-order valence-corrected chi connectivity index (χ3v) is 4.35. The number of H-pyrrole nitrogens is 1. The summed E-state index contributed by atoms with van der Waals surface area (Å²) >= 11 is 0. The molecule has 0 radical (unpaired) electrons. The van der Waals surface area contributed by atoms with Crippen LogP contribution in [0.25, 0.3) is 22.3 Å². The fourth-order valence-corrected chi connectivity index (χ4v) is 2.64. The zero-order valence-corrected chi connectivity index (χ0v) is 15.6. The van der Waals surface area contributed by atoms with Gasteiger partial charge in [0.15, 0.2) is 5.82 Å². The van der Waals surface area contributed by atoms with E-state index in [1.165, 1.54) is 25.3 Å². The minimum atomic E-state index is -4.62. The number of alkyl halides is 3. The average Bonchev–Trinajstić information content (AvgIpc) is 3.15. The van der Waals surface area contributed by atoms with Crippen molar-refractivity contribution in [2.24, 2.45) is 0 Å². The molecule has 0 fully saturated rings. The number of aromatic nitrogens is 4. The van der Waals surface area contributed by atoms with Crippen molar-refractivity contribution in [1.82, 2.24) is 20.2 Å². The highest BCUT2D eigenvalue weighted by atomic mass is 19.4. The lowest BCUT2D eigenvalue weighted by Gasteiger charge is -2.25. The van der Waals surface area contributed by atoms with Crippen LogP contribution in [0.3, 0.4) is 0 Å². The Morgan fingerprint density at radius 1 is 1.21 bits per heavy atom. The van der Waals surface area contributed by atoms with E-state index in [2.05, 4.69) is 15.1 Å². The first-order valence-corrected chi connectivity index (χ1v) is 8.37. The zero-order chi connectivity index (χ0) is 20.6. The maximum Gasteiger partial charge on any atom is 0.433 e. The predicted octanol–water partition coefficient (Wildman–Crippen LogP) is 3.67. The minimum Gasteiger partial charge on any atom is -0.465 e. The Labute approximate surface area is 158 Å². The van der Waals surface area contributed by atoms with Crippen molar-refractivity contribution in [2.75, 3.05) is 19.1 Å². The molecule has 3 rings (SSSR count). The second-order valence-electron chi connectivity index (χ2n) is 6.45. The van der Waals surface area contributed by atoms with Crippen LogP contribution in [0.15, 0.2) is 24.4 Å². The van der Waals surface area contributed by atoms with Gasteiger partial charge in [0.05, 0.1) is 35.5 Å².